The molecule has 1 rings (SSSR count). The Kier molecular flexibility index (Phi) is 5.33. The first-order valence-electron chi connectivity index (χ1n) is 6.07. The average molecular weight is 299 g/mol. The fourth-order valence-electron chi connectivity index (χ4n) is 1.28. The first kappa shape index (κ1) is 16.2. The molecule has 6 nitrogen and oxygen atoms in total. The summed E-state index contributed by atoms with van der Waals surface area (Å²) in [4.78, 5) is 20.9. The van der Waals surface area contributed by atoms with E-state index >= 15 is 0 Å². The van der Waals surface area contributed by atoms with Crippen molar-refractivity contribution in [2.45, 2.75) is 26.4 Å². The van der Waals surface area contributed by atoms with E-state index in [2.05, 4.69) is 9.97 Å². The van der Waals surface area contributed by atoms with Crippen LogP contribution in [-0.2, 0) is 4.74 Å². The molecule has 1 heterocycles. The minimum atomic E-state index is -0.518. The van der Waals surface area contributed by atoms with Gasteiger partial charge < -0.3 is 15.4 Å². The number of anilines is 1. The molecule has 2 N–H and O–H groups in total. The second kappa shape index (κ2) is 6.56. The number of rotatable bonds is 3. The van der Waals surface area contributed by atoms with E-state index in [4.69, 9.17) is 22.1 Å². The number of nitrogens with two attached hydrogens (primary N) is 1. The van der Waals surface area contributed by atoms with Crippen LogP contribution in [0.25, 0.3) is 6.08 Å². The van der Waals surface area contributed by atoms with Gasteiger partial charge >= 0.3 is 6.09 Å². The fourth-order valence-corrected chi connectivity index (χ4v) is 1.49. The molecule has 0 unspecified atom stereocenters. The van der Waals surface area contributed by atoms with Gasteiger partial charge in [0.05, 0.1) is 5.56 Å². The molecule has 0 atom stereocenters. The maximum absolute atomic E-state index is 11.7. The quantitative estimate of drug-likeness (QED) is 0.867. The van der Waals surface area contributed by atoms with Gasteiger partial charge in [-0.25, -0.2) is 14.8 Å². The van der Waals surface area contributed by atoms with Crippen molar-refractivity contribution in [1.82, 2.24) is 14.9 Å². The largest absolute Gasteiger partial charge is 0.444 e. The van der Waals surface area contributed by atoms with Crippen LogP contribution in [0.5, 0.6) is 0 Å². The number of hydrogen-bond donors (Lipinski definition) is 1. The van der Waals surface area contributed by atoms with E-state index in [1.54, 1.807) is 19.2 Å². The molecular formula is C13H19ClN4O2. The Morgan fingerprint density at radius 2 is 2.15 bits per heavy atom. The SMILES string of the molecule is CN(C/C=C/c1c(N)ncnc1Cl)C(=O)OC(C)(C)C. The van der Waals surface area contributed by atoms with E-state index in [0.29, 0.717) is 17.9 Å². The molecule has 0 spiro atoms. The maximum atomic E-state index is 11.7. The second-order valence-corrected chi connectivity index (χ2v) is 5.58. The standard InChI is InChI=1S/C13H19ClN4O2/c1-13(2,3)20-12(19)18(4)7-5-6-9-10(14)16-8-17-11(9)15/h5-6,8H,7H2,1-4H3,(H2,15,16,17)/b6-5+. The summed E-state index contributed by atoms with van der Waals surface area (Å²) in [6.45, 7) is 5.81. The normalized spacial score (nSPS) is 11.7. The van der Waals surface area contributed by atoms with Gasteiger partial charge in [-0.1, -0.05) is 23.8 Å². The van der Waals surface area contributed by atoms with Crippen LogP contribution in [0.2, 0.25) is 5.15 Å². The number of nitrogens with zero attached hydrogens (tertiary/aromatic N) is 3. The third-order valence-electron chi connectivity index (χ3n) is 2.24. The molecule has 0 bridgehead atoms. The summed E-state index contributed by atoms with van der Waals surface area (Å²) < 4.78 is 5.23. The lowest BCUT2D eigenvalue weighted by molar-refractivity contribution is 0.0318. The smallest absolute Gasteiger partial charge is 0.410 e. The highest BCUT2D eigenvalue weighted by Gasteiger charge is 2.18. The minimum Gasteiger partial charge on any atom is -0.444 e. The van der Waals surface area contributed by atoms with Gasteiger partial charge in [-0.05, 0) is 20.8 Å². The molecule has 20 heavy (non-hydrogen) atoms. The molecule has 0 saturated heterocycles. The number of carbonyl (C=O) groups is 1. The summed E-state index contributed by atoms with van der Waals surface area (Å²) in [5.74, 6) is 0.293. The third kappa shape index (κ3) is 5.05. The monoisotopic (exact) mass is 298 g/mol. The van der Waals surface area contributed by atoms with E-state index in [1.807, 2.05) is 20.8 Å². The number of halogens is 1. The van der Waals surface area contributed by atoms with Gasteiger partial charge in [0.15, 0.2) is 0 Å². The van der Waals surface area contributed by atoms with E-state index in [9.17, 15) is 4.79 Å². The van der Waals surface area contributed by atoms with Crippen LogP contribution in [0, 0.1) is 0 Å². The Hall–Kier alpha value is -1.82. The molecule has 0 aliphatic carbocycles. The molecule has 0 aliphatic rings. The molecule has 0 radical (unpaired) electrons. The van der Waals surface area contributed by atoms with E-state index in [0.717, 1.165) is 0 Å². The molecule has 0 aromatic carbocycles. The zero-order valence-corrected chi connectivity index (χ0v) is 12.8. The summed E-state index contributed by atoms with van der Waals surface area (Å²) in [6, 6.07) is 0. The lowest BCUT2D eigenvalue weighted by Gasteiger charge is -2.23. The summed E-state index contributed by atoms with van der Waals surface area (Å²) in [5, 5.41) is 0.272. The molecule has 1 amide bonds. The first-order valence-corrected chi connectivity index (χ1v) is 6.45. The Morgan fingerprint density at radius 3 is 2.70 bits per heavy atom. The van der Waals surface area contributed by atoms with Crippen molar-refractivity contribution < 1.29 is 9.53 Å². The molecule has 0 aliphatic heterocycles. The van der Waals surface area contributed by atoms with E-state index < -0.39 is 11.7 Å². The highest BCUT2D eigenvalue weighted by atomic mass is 35.5. The van der Waals surface area contributed by atoms with E-state index in [1.165, 1.54) is 11.2 Å². The Bertz CT molecular complexity index is 491. The van der Waals surface area contributed by atoms with Gasteiger partial charge in [0.25, 0.3) is 0 Å². The topological polar surface area (TPSA) is 81.3 Å². The Labute approximate surface area is 123 Å². The van der Waals surface area contributed by atoms with Gasteiger partial charge in [0.2, 0.25) is 0 Å². The zero-order valence-electron chi connectivity index (χ0n) is 12.1. The fraction of sp³-hybridized carbons (Fsp3) is 0.462. The summed E-state index contributed by atoms with van der Waals surface area (Å²) in [5.41, 5.74) is 5.71. The predicted octanol–water partition coefficient (Wildman–Crippen LogP) is 2.59. The zero-order chi connectivity index (χ0) is 15.3. The summed E-state index contributed by atoms with van der Waals surface area (Å²) in [7, 11) is 1.64. The number of nitrogen functional groups attached to an aromatic ring is 1. The third-order valence-corrected chi connectivity index (χ3v) is 2.54. The van der Waals surface area contributed by atoms with Crippen molar-refractivity contribution in [1.29, 1.82) is 0 Å². The van der Waals surface area contributed by atoms with Crippen molar-refractivity contribution >= 4 is 29.6 Å². The minimum absolute atomic E-state index is 0.272. The van der Waals surface area contributed by atoms with Crippen molar-refractivity contribution in [3.63, 3.8) is 0 Å². The van der Waals surface area contributed by atoms with Crippen LogP contribution in [0.1, 0.15) is 26.3 Å². The number of carbonyl (C=O) groups excluding carboxylic acids is 1. The molecule has 0 fully saturated rings. The number of aromatic nitrogens is 2. The average Bonchev–Trinajstić information content (AvgIpc) is 2.30. The number of ether oxygens (including phenoxy) is 1. The van der Waals surface area contributed by atoms with Gasteiger partial charge in [0.1, 0.15) is 22.9 Å². The lowest BCUT2D eigenvalue weighted by Crippen LogP contribution is -2.34. The lowest BCUT2D eigenvalue weighted by atomic mass is 10.2. The van der Waals surface area contributed by atoms with Crippen LogP contribution in [0.3, 0.4) is 0 Å². The molecule has 0 saturated carbocycles. The van der Waals surface area contributed by atoms with E-state index in [-0.39, 0.29) is 5.15 Å². The second-order valence-electron chi connectivity index (χ2n) is 5.23. The van der Waals surface area contributed by atoms with Crippen LogP contribution >= 0.6 is 11.6 Å². The Balaban J connectivity index is 2.63. The number of hydrogen-bond acceptors (Lipinski definition) is 5. The number of amides is 1. The highest BCUT2D eigenvalue weighted by molar-refractivity contribution is 6.31. The first-order chi connectivity index (χ1) is 9.20. The molecular weight excluding hydrogens is 280 g/mol. The predicted molar refractivity (Wildman–Crippen MR) is 79.4 cm³/mol. The van der Waals surface area contributed by atoms with Crippen molar-refractivity contribution in [3.05, 3.63) is 23.1 Å². The van der Waals surface area contributed by atoms with Crippen molar-refractivity contribution in [3.8, 4) is 0 Å². The summed E-state index contributed by atoms with van der Waals surface area (Å²) >= 11 is 5.91. The van der Waals surface area contributed by atoms with Gasteiger partial charge in [-0.15, -0.1) is 0 Å². The molecule has 7 heteroatoms. The van der Waals surface area contributed by atoms with Crippen LogP contribution in [0.15, 0.2) is 12.4 Å². The maximum Gasteiger partial charge on any atom is 0.410 e. The van der Waals surface area contributed by atoms with Crippen molar-refractivity contribution in [2.24, 2.45) is 0 Å². The molecule has 1 aromatic heterocycles. The molecule has 110 valence electrons. The summed E-state index contributed by atoms with van der Waals surface area (Å²) in [6.07, 6.45) is 4.32. The van der Waals surface area contributed by atoms with Crippen LogP contribution in [0.4, 0.5) is 10.6 Å². The highest BCUT2D eigenvalue weighted by Crippen LogP contribution is 2.18. The van der Waals surface area contributed by atoms with Gasteiger partial charge in [-0.2, -0.15) is 0 Å². The van der Waals surface area contributed by atoms with Crippen LogP contribution < -0.4 is 5.73 Å². The van der Waals surface area contributed by atoms with Crippen molar-refractivity contribution in [2.75, 3.05) is 19.3 Å². The van der Waals surface area contributed by atoms with Crippen LogP contribution in [-0.4, -0.2) is 40.2 Å². The Morgan fingerprint density at radius 1 is 1.50 bits per heavy atom. The molecule has 1 aromatic rings. The van der Waals surface area contributed by atoms with Gasteiger partial charge in [-0.3, -0.25) is 0 Å². The number of likely N-dealkylation sites (N-methyl/N-ethyl adjacent to an activating group) is 1. The van der Waals surface area contributed by atoms with Gasteiger partial charge in [0, 0.05) is 13.6 Å².